The number of anilines is 1. The van der Waals surface area contributed by atoms with Gasteiger partial charge in [0.05, 0.1) is 17.9 Å². The number of Topliss-reactive ketones (excluding diaryl/α,β-unsaturated/α-hetero) is 1. The number of ketones is 1. The summed E-state index contributed by atoms with van der Waals surface area (Å²) in [5.74, 6) is 0.867. The first-order chi connectivity index (χ1) is 11.9. The summed E-state index contributed by atoms with van der Waals surface area (Å²) in [5.41, 5.74) is 1.89. The molecule has 1 aromatic rings. The molecule has 2 heterocycles. The van der Waals surface area contributed by atoms with Gasteiger partial charge in [-0.15, -0.1) is 0 Å². The van der Waals surface area contributed by atoms with Gasteiger partial charge in [0, 0.05) is 42.8 Å². The molecule has 0 spiro atoms. The van der Waals surface area contributed by atoms with Crippen LogP contribution in [0.1, 0.15) is 44.0 Å². The van der Waals surface area contributed by atoms with Gasteiger partial charge < -0.3 is 9.64 Å². The molecule has 2 saturated heterocycles. The number of benzene rings is 1. The van der Waals surface area contributed by atoms with Crippen molar-refractivity contribution in [1.82, 2.24) is 4.90 Å². The number of ether oxygens (including phenoxy) is 1. The van der Waals surface area contributed by atoms with Crippen molar-refractivity contribution in [3.8, 4) is 0 Å². The number of halogens is 1. The molecule has 25 heavy (non-hydrogen) atoms. The number of carbonyl (C=O) groups excluding carboxylic acids is 1. The number of carbonyl (C=O) groups is 1. The molecule has 0 aromatic heterocycles. The lowest BCUT2D eigenvalue weighted by molar-refractivity contribution is -0.0720. The first-order valence-electron chi connectivity index (χ1n) is 9.36. The highest BCUT2D eigenvalue weighted by Gasteiger charge is 2.28. The summed E-state index contributed by atoms with van der Waals surface area (Å²) in [6, 6.07) is 5.91. The van der Waals surface area contributed by atoms with E-state index in [1.54, 1.807) is 6.92 Å². The summed E-state index contributed by atoms with van der Waals surface area (Å²) >= 11 is 3.64. The van der Waals surface area contributed by atoms with Crippen LogP contribution >= 0.6 is 15.9 Å². The Bertz CT molecular complexity index is 604. The summed E-state index contributed by atoms with van der Waals surface area (Å²) < 4.78 is 6.86. The van der Waals surface area contributed by atoms with Crippen molar-refractivity contribution >= 4 is 27.4 Å². The maximum absolute atomic E-state index is 12.0. The summed E-state index contributed by atoms with van der Waals surface area (Å²) in [6.07, 6.45) is 3.03. The molecule has 0 radical (unpaired) electrons. The van der Waals surface area contributed by atoms with Crippen LogP contribution in [0.2, 0.25) is 0 Å². The zero-order valence-electron chi connectivity index (χ0n) is 15.5. The average Bonchev–Trinajstić information content (AvgIpc) is 2.54. The molecule has 138 valence electrons. The van der Waals surface area contributed by atoms with Gasteiger partial charge in [-0.3, -0.25) is 9.69 Å². The number of morpholine rings is 1. The van der Waals surface area contributed by atoms with Crippen LogP contribution in [0.15, 0.2) is 22.7 Å². The molecule has 0 amide bonds. The van der Waals surface area contributed by atoms with Crippen molar-refractivity contribution in [2.45, 2.75) is 45.8 Å². The highest BCUT2D eigenvalue weighted by atomic mass is 79.9. The SMILES string of the molecule is CC(=O)c1cccc(Br)c1N1CCC(CN2CC(C)OC(C)C2)CC1. The number of hydrogen-bond acceptors (Lipinski definition) is 4. The molecule has 0 aliphatic carbocycles. The zero-order chi connectivity index (χ0) is 18.0. The lowest BCUT2D eigenvalue weighted by Gasteiger charge is -2.40. The highest BCUT2D eigenvalue weighted by Crippen LogP contribution is 2.34. The van der Waals surface area contributed by atoms with Crippen LogP contribution < -0.4 is 4.90 Å². The maximum Gasteiger partial charge on any atom is 0.161 e. The van der Waals surface area contributed by atoms with Crippen LogP contribution in [0.5, 0.6) is 0 Å². The van der Waals surface area contributed by atoms with Gasteiger partial charge >= 0.3 is 0 Å². The third-order valence-electron chi connectivity index (χ3n) is 5.31. The van der Waals surface area contributed by atoms with Crippen LogP contribution in [0.3, 0.4) is 0 Å². The van der Waals surface area contributed by atoms with Gasteiger partial charge in [-0.1, -0.05) is 6.07 Å². The molecule has 1 aromatic carbocycles. The minimum atomic E-state index is 0.134. The van der Waals surface area contributed by atoms with Gasteiger partial charge in [0.2, 0.25) is 0 Å². The molecule has 2 aliphatic rings. The number of para-hydroxylation sites is 1. The molecule has 0 N–H and O–H groups in total. The first kappa shape index (κ1) is 18.9. The van der Waals surface area contributed by atoms with E-state index in [4.69, 9.17) is 4.74 Å². The van der Waals surface area contributed by atoms with Gasteiger partial charge in [-0.25, -0.2) is 0 Å². The normalized spacial score (nSPS) is 26.0. The van der Waals surface area contributed by atoms with Crippen molar-refractivity contribution < 1.29 is 9.53 Å². The Hall–Kier alpha value is -0.910. The van der Waals surface area contributed by atoms with Crippen LogP contribution in [0.4, 0.5) is 5.69 Å². The fourth-order valence-electron chi connectivity index (χ4n) is 4.26. The molecule has 4 nitrogen and oxygen atoms in total. The number of piperidine rings is 1. The average molecular weight is 409 g/mol. The fraction of sp³-hybridized carbons (Fsp3) is 0.650. The number of rotatable bonds is 4. The molecular weight excluding hydrogens is 380 g/mol. The highest BCUT2D eigenvalue weighted by molar-refractivity contribution is 9.10. The van der Waals surface area contributed by atoms with Gasteiger partial charge in [-0.2, -0.15) is 0 Å². The van der Waals surface area contributed by atoms with Gasteiger partial charge in [-0.05, 0) is 67.6 Å². The van der Waals surface area contributed by atoms with Crippen LogP contribution in [0, 0.1) is 5.92 Å². The summed E-state index contributed by atoms with van der Waals surface area (Å²) in [4.78, 5) is 16.9. The summed E-state index contributed by atoms with van der Waals surface area (Å²) in [7, 11) is 0. The molecule has 0 bridgehead atoms. The van der Waals surface area contributed by atoms with Crippen molar-refractivity contribution in [2.24, 2.45) is 5.92 Å². The second-order valence-electron chi connectivity index (χ2n) is 7.60. The summed E-state index contributed by atoms with van der Waals surface area (Å²) in [5, 5.41) is 0. The Labute approximate surface area is 159 Å². The minimum Gasteiger partial charge on any atom is -0.373 e. The number of hydrogen-bond donors (Lipinski definition) is 0. The van der Waals surface area contributed by atoms with E-state index in [1.165, 1.54) is 19.4 Å². The second-order valence-corrected chi connectivity index (χ2v) is 8.45. The topological polar surface area (TPSA) is 32.8 Å². The third-order valence-corrected chi connectivity index (χ3v) is 5.95. The minimum absolute atomic E-state index is 0.134. The molecule has 2 fully saturated rings. The number of nitrogens with zero attached hydrogens (tertiary/aromatic N) is 2. The quantitative estimate of drug-likeness (QED) is 0.705. The predicted octanol–water partition coefficient (Wildman–Crippen LogP) is 3.98. The van der Waals surface area contributed by atoms with E-state index >= 15 is 0 Å². The smallest absolute Gasteiger partial charge is 0.161 e. The van der Waals surface area contributed by atoms with E-state index in [2.05, 4.69) is 39.6 Å². The van der Waals surface area contributed by atoms with Crippen LogP contribution in [-0.2, 0) is 4.74 Å². The maximum atomic E-state index is 12.0. The lowest BCUT2D eigenvalue weighted by atomic mass is 9.94. The van der Waals surface area contributed by atoms with Crippen LogP contribution in [0.25, 0.3) is 0 Å². The third kappa shape index (κ3) is 4.63. The molecule has 2 aliphatic heterocycles. The van der Waals surface area contributed by atoms with Crippen molar-refractivity contribution in [2.75, 3.05) is 37.6 Å². The first-order valence-corrected chi connectivity index (χ1v) is 10.2. The summed E-state index contributed by atoms with van der Waals surface area (Å²) in [6.45, 7) is 11.3. The Balaban J connectivity index is 1.60. The van der Waals surface area contributed by atoms with E-state index < -0.39 is 0 Å². The van der Waals surface area contributed by atoms with Gasteiger partial charge in [0.1, 0.15) is 0 Å². The van der Waals surface area contributed by atoms with E-state index in [0.29, 0.717) is 12.2 Å². The largest absolute Gasteiger partial charge is 0.373 e. The second kappa shape index (κ2) is 8.19. The molecule has 2 atom stereocenters. The molecular formula is C20H29BrN2O2. The Morgan fingerprint density at radius 2 is 1.84 bits per heavy atom. The van der Waals surface area contributed by atoms with Crippen molar-refractivity contribution in [3.05, 3.63) is 28.2 Å². The Morgan fingerprint density at radius 1 is 1.20 bits per heavy atom. The monoisotopic (exact) mass is 408 g/mol. The van der Waals surface area contributed by atoms with E-state index in [9.17, 15) is 4.79 Å². The van der Waals surface area contributed by atoms with Crippen molar-refractivity contribution in [1.29, 1.82) is 0 Å². The predicted molar refractivity (Wildman–Crippen MR) is 106 cm³/mol. The van der Waals surface area contributed by atoms with E-state index in [1.807, 2.05) is 18.2 Å². The van der Waals surface area contributed by atoms with Crippen molar-refractivity contribution in [3.63, 3.8) is 0 Å². The Morgan fingerprint density at radius 3 is 2.44 bits per heavy atom. The standard InChI is InChI=1S/C20H29BrN2O2/c1-14-11-22(12-15(2)25-14)13-17-7-9-23(10-8-17)20-18(16(3)24)5-4-6-19(20)21/h4-6,14-15,17H,7-13H2,1-3H3. The lowest BCUT2D eigenvalue weighted by Crippen LogP contribution is -2.48. The molecule has 2 unspecified atom stereocenters. The van der Waals surface area contributed by atoms with E-state index in [0.717, 1.165) is 47.8 Å². The van der Waals surface area contributed by atoms with Crippen LogP contribution in [-0.4, -0.2) is 55.6 Å². The van der Waals surface area contributed by atoms with Gasteiger partial charge in [0.25, 0.3) is 0 Å². The van der Waals surface area contributed by atoms with E-state index in [-0.39, 0.29) is 5.78 Å². The zero-order valence-corrected chi connectivity index (χ0v) is 17.1. The Kier molecular flexibility index (Phi) is 6.18. The molecule has 3 rings (SSSR count). The molecule has 0 saturated carbocycles. The van der Waals surface area contributed by atoms with Gasteiger partial charge in [0.15, 0.2) is 5.78 Å². The molecule has 5 heteroatoms. The fourth-order valence-corrected chi connectivity index (χ4v) is 4.88.